The van der Waals surface area contributed by atoms with Gasteiger partial charge in [0.1, 0.15) is 16.2 Å². The van der Waals surface area contributed by atoms with E-state index in [4.69, 9.17) is 26.4 Å². The number of carbonyl (C=O) groups is 1. The fourth-order valence-electron chi connectivity index (χ4n) is 3.54. The molecule has 0 spiro atoms. The van der Waals surface area contributed by atoms with Crippen LogP contribution < -0.4 is 14.2 Å². The number of rotatable bonds is 3. The summed E-state index contributed by atoms with van der Waals surface area (Å²) < 4.78 is 17.1. The maximum atomic E-state index is 12.9. The van der Waals surface area contributed by atoms with Crippen LogP contribution in [-0.4, -0.2) is 28.0 Å². The van der Waals surface area contributed by atoms with Crippen LogP contribution in [0, 0.1) is 0 Å². The van der Waals surface area contributed by atoms with E-state index in [9.17, 15) is 4.79 Å². The number of carbonyl (C=O) groups excluding carboxylic acids is 1. The Morgan fingerprint density at radius 2 is 2.00 bits per heavy atom. The van der Waals surface area contributed by atoms with Crippen LogP contribution in [0.25, 0.3) is 6.08 Å². The van der Waals surface area contributed by atoms with E-state index < -0.39 is 0 Å². The van der Waals surface area contributed by atoms with Crippen molar-refractivity contribution in [1.29, 1.82) is 0 Å². The largest absolute Gasteiger partial charge is 0.490 e. The Morgan fingerprint density at radius 3 is 2.89 bits per heavy atom. The zero-order chi connectivity index (χ0) is 19.3. The summed E-state index contributed by atoms with van der Waals surface area (Å²) in [5.74, 6) is 2.29. The molecule has 1 fully saturated rings. The average Bonchev–Trinajstić information content (AvgIpc) is 3.34. The lowest BCUT2D eigenvalue weighted by molar-refractivity contribution is -0.122. The fourth-order valence-corrected chi connectivity index (χ4v) is 4.80. The average molecular weight is 412 g/mol. The lowest BCUT2D eigenvalue weighted by Crippen LogP contribution is -2.27. The van der Waals surface area contributed by atoms with E-state index in [1.165, 1.54) is 17.3 Å². The highest BCUT2D eigenvalue weighted by molar-refractivity contribution is 8.26. The quantitative estimate of drug-likeness (QED) is 0.559. The van der Waals surface area contributed by atoms with Gasteiger partial charge in [-0.05, 0) is 54.0 Å². The normalized spacial score (nSPS) is 21.4. The molecule has 7 heteroatoms. The summed E-state index contributed by atoms with van der Waals surface area (Å²) in [6.45, 7) is 2.70. The van der Waals surface area contributed by atoms with Gasteiger partial charge in [-0.15, -0.1) is 0 Å². The molecule has 0 aliphatic carbocycles. The molecule has 0 saturated carbocycles. The van der Waals surface area contributed by atoms with Gasteiger partial charge in [0.2, 0.25) is 6.79 Å². The van der Waals surface area contributed by atoms with Crippen LogP contribution in [0.4, 0.5) is 0 Å². The minimum atomic E-state index is -0.0715. The topological polar surface area (TPSA) is 48.0 Å². The van der Waals surface area contributed by atoms with Gasteiger partial charge in [0, 0.05) is 6.42 Å². The number of ether oxygens (including phenoxy) is 3. The highest BCUT2D eigenvalue weighted by atomic mass is 32.2. The third-order valence-corrected chi connectivity index (χ3v) is 6.25. The highest BCUT2D eigenvalue weighted by Gasteiger charge is 2.32. The number of benzene rings is 2. The monoisotopic (exact) mass is 411 g/mol. The van der Waals surface area contributed by atoms with Crippen molar-refractivity contribution >= 4 is 40.3 Å². The third-order valence-electron chi connectivity index (χ3n) is 4.87. The molecule has 0 bridgehead atoms. The third kappa shape index (κ3) is 3.14. The molecule has 1 saturated heterocycles. The molecular weight excluding hydrogens is 394 g/mol. The zero-order valence-electron chi connectivity index (χ0n) is 15.1. The van der Waals surface area contributed by atoms with Gasteiger partial charge in [-0.1, -0.05) is 36.1 Å². The first-order valence-corrected chi connectivity index (χ1v) is 10.2. The Balaban J connectivity index is 1.36. The molecule has 1 atom stereocenters. The van der Waals surface area contributed by atoms with Gasteiger partial charge in [-0.3, -0.25) is 9.69 Å². The summed E-state index contributed by atoms with van der Waals surface area (Å²) in [6, 6.07) is 11.7. The fraction of sp³-hybridized carbons (Fsp3) is 0.238. The lowest BCUT2D eigenvalue weighted by Gasteiger charge is -2.14. The van der Waals surface area contributed by atoms with Crippen LogP contribution in [0.15, 0.2) is 41.3 Å². The van der Waals surface area contributed by atoms with E-state index in [-0.39, 0.29) is 18.8 Å². The molecule has 0 N–H and O–H groups in total. The van der Waals surface area contributed by atoms with Gasteiger partial charge in [0.05, 0.1) is 11.4 Å². The minimum Gasteiger partial charge on any atom is -0.490 e. The molecule has 0 radical (unpaired) electrons. The molecule has 3 heterocycles. The van der Waals surface area contributed by atoms with Crippen molar-refractivity contribution in [2.75, 3.05) is 6.79 Å². The molecule has 142 valence electrons. The number of hydrogen-bond donors (Lipinski definition) is 0. The van der Waals surface area contributed by atoms with Crippen molar-refractivity contribution in [2.45, 2.75) is 26.0 Å². The van der Waals surface area contributed by atoms with Gasteiger partial charge in [0.25, 0.3) is 5.91 Å². The van der Waals surface area contributed by atoms with E-state index in [2.05, 4.69) is 13.0 Å². The summed E-state index contributed by atoms with van der Waals surface area (Å²) in [6.07, 6.45) is 3.00. The molecule has 5 rings (SSSR count). The van der Waals surface area contributed by atoms with Crippen LogP contribution in [0.3, 0.4) is 0 Å². The van der Waals surface area contributed by atoms with Crippen LogP contribution in [0.5, 0.6) is 17.2 Å². The van der Waals surface area contributed by atoms with Gasteiger partial charge in [0.15, 0.2) is 11.5 Å². The predicted octanol–water partition coefficient (Wildman–Crippen LogP) is 4.14. The Hall–Kier alpha value is -2.51. The molecule has 3 aliphatic rings. The van der Waals surface area contributed by atoms with Crippen molar-refractivity contribution in [2.24, 2.45) is 0 Å². The SMILES string of the molecule is CC1Cc2cc(C=C3SC(=S)N(Cc4ccc5c(c4)OCO5)C3=O)ccc2O1. The van der Waals surface area contributed by atoms with Gasteiger partial charge < -0.3 is 14.2 Å². The minimum absolute atomic E-state index is 0.0715. The number of thiocarbonyl (C=S) groups is 1. The van der Waals surface area contributed by atoms with Crippen molar-refractivity contribution in [3.63, 3.8) is 0 Å². The molecular formula is C21H17NO4S2. The molecule has 0 aromatic heterocycles. The number of amides is 1. The van der Waals surface area contributed by atoms with Crippen molar-refractivity contribution in [1.82, 2.24) is 4.90 Å². The van der Waals surface area contributed by atoms with Gasteiger partial charge >= 0.3 is 0 Å². The Bertz CT molecular complexity index is 1030. The van der Waals surface area contributed by atoms with Crippen LogP contribution in [0.1, 0.15) is 23.6 Å². The molecule has 28 heavy (non-hydrogen) atoms. The van der Waals surface area contributed by atoms with Crippen LogP contribution >= 0.6 is 24.0 Å². The maximum absolute atomic E-state index is 12.9. The second-order valence-electron chi connectivity index (χ2n) is 6.96. The van der Waals surface area contributed by atoms with Crippen LogP contribution in [0.2, 0.25) is 0 Å². The number of thioether (sulfide) groups is 1. The summed E-state index contributed by atoms with van der Waals surface area (Å²) in [7, 11) is 0. The molecule has 2 aromatic rings. The van der Waals surface area contributed by atoms with E-state index >= 15 is 0 Å². The van der Waals surface area contributed by atoms with E-state index in [1.54, 1.807) is 4.90 Å². The first kappa shape index (κ1) is 17.6. The smallest absolute Gasteiger partial charge is 0.266 e. The van der Waals surface area contributed by atoms with E-state index in [0.717, 1.165) is 29.0 Å². The lowest BCUT2D eigenvalue weighted by atomic mass is 10.1. The van der Waals surface area contributed by atoms with Crippen molar-refractivity contribution in [3.05, 3.63) is 58.0 Å². The Kier molecular flexibility index (Phi) is 4.29. The number of nitrogens with zero attached hydrogens (tertiary/aromatic N) is 1. The second-order valence-corrected chi connectivity index (χ2v) is 8.63. The van der Waals surface area contributed by atoms with Crippen molar-refractivity contribution < 1.29 is 19.0 Å². The van der Waals surface area contributed by atoms with E-state index in [0.29, 0.717) is 21.5 Å². The summed E-state index contributed by atoms with van der Waals surface area (Å²) in [5, 5.41) is 0. The second kappa shape index (κ2) is 6.83. The van der Waals surface area contributed by atoms with Gasteiger partial charge in [-0.2, -0.15) is 0 Å². The maximum Gasteiger partial charge on any atom is 0.266 e. The first-order valence-electron chi connectivity index (χ1n) is 9.00. The zero-order valence-corrected chi connectivity index (χ0v) is 16.8. The molecule has 1 unspecified atom stereocenters. The van der Waals surface area contributed by atoms with Crippen LogP contribution in [-0.2, 0) is 17.8 Å². The van der Waals surface area contributed by atoms with Gasteiger partial charge in [-0.25, -0.2) is 0 Å². The first-order chi connectivity index (χ1) is 13.6. The standard InChI is InChI=1S/C21H17NO4S2/c1-12-6-15-7-13(2-4-16(15)26-12)9-19-20(23)22(21(27)28-19)10-14-3-5-17-18(8-14)25-11-24-17/h2-5,7-9,12H,6,10-11H2,1H3. The summed E-state index contributed by atoms with van der Waals surface area (Å²) >= 11 is 6.79. The number of fused-ring (bicyclic) bond motifs is 2. The molecule has 1 amide bonds. The molecule has 2 aromatic carbocycles. The van der Waals surface area contributed by atoms with Crippen molar-refractivity contribution in [3.8, 4) is 17.2 Å². The number of hydrogen-bond acceptors (Lipinski definition) is 6. The molecule has 3 aliphatic heterocycles. The molecule has 5 nitrogen and oxygen atoms in total. The summed E-state index contributed by atoms with van der Waals surface area (Å²) in [4.78, 5) is 15.2. The predicted molar refractivity (Wildman–Crippen MR) is 112 cm³/mol. The van der Waals surface area contributed by atoms with E-state index in [1.807, 2.05) is 36.4 Å². The Morgan fingerprint density at radius 1 is 1.18 bits per heavy atom. The summed E-state index contributed by atoms with van der Waals surface area (Å²) in [5.41, 5.74) is 3.11. The Labute approximate surface area is 172 Å². The highest BCUT2D eigenvalue weighted by Crippen LogP contribution is 2.37.